The number of benzene rings is 1. The van der Waals surface area contributed by atoms with E-state index in [1.807, 2.05) is 6.07 Å². The lowest BCUT2D eigenvalue weighted by atomic mass is 10.1. The number of hydrogen-bond donors (Lipinski definition) is 1. The molecule has 1 aromatic heterocycles. The molecule has 0 aliphatic carbocycles. The maximum atomic E-state index is 11.9. The second kappa shape index (κ2) is 6.10. The Bertz CT molecular complexity index is 653. The quantitative estimate of drug-likeness (QED) is 0.847. The van der Waals surface area contributed by atoms with Crippen LogP contribution in [0, 0.1) is 0 Å². The number of ether oxygens (including phenoxy) is 1. The summed E-state index contributed by atoms with van der Waals surface area (Å²) in [6.07, 6.45) is 1.03. The lowest BCUT2D eigenvalue weighted by Crippen LogP contribution is -2.27. The summed E-state index contributed by atoms with van der Waals surface area (Å²) in [6.45, 7) is 5.41. The van der Waals surface area contributed by atoms with E-state index in [2.05, 4.69) is 15.3 Å². The zero-order chi connectivity index (χ0) is 15.5. The van der Waals surface area contributed by atoms with Crippen LogP contribution in [-0.4, -0.2) is 21.7 Å². The summed E-state index contributed by atoms with van der Waals surface area (Å²) in [4.78, 5) is 20.2. The number of halogens is 1. The second-order valence-corrected chi connectivity index (χ2v) is 5.76. The SMILES string of the molecule is CC(C)(C)OC(=O)Nc1ccccc1-c1nccc(Cl)n1. The standard InChI is InChI=1S/C15H16ClN3O2/c1-15(2,3)21-14(20)18-11-7-5-4-6-10(11)13-17-9-8-12(16)19-13/h4-9H,1-3H3,(H,18,20). The van der Waals surface area contributed by atoms with Gasteiger partial charge in [-0.3, -0.25) is 5.32 Å². The molecular weight excluding hydrogens is 290 g/mol. The molecule has 1 amide bonds. The molecule has 0 bridgehead atoms. The Morgan fingerprint density at radius 2 is 1.95 bits per heavy atom. The summed E-state index contributed by atoms with van der Waals surface area (Å²) >= 11 is 5.88. The van der Waals surface area contributed by atoms with E-state index in [4.69, 9.17) is 16.3 Å². The molecule has 21 heavy (non-hydrogen) atoms. The van der Waals surface area contributed by atoms with Gasteiger partial charge in [-0.25, -0.2) is 14.8 Å². The molecule has 0 radical (unpaired) electrons. The number of anilines is 1. The molecule has 1 heterocycles. The Hall–Kier alpha value is -2.14. The number of rotatable bonds is 2. The van der Waals surface area contributed by atoms with Crippen molar-refractivity contribution in [3.8, 4) is 11.4 Å². The molecular formula is C15H16ClN3O2. The molecule has 0 atom stereocenters. The molecule has 0 saturated heterocycles. The van der Waals surface area contributed by atoms with Gasteiger partial charge in [-0.15, -0.1) is 0 Å². The topological polar surface area (TPSA) is 64.1 Å². The van der Waals surface area contributed by atoms with Crippen molar-refractivity contribution in [3.05, 3.63) is 41.7 Å². The fourth-order valence-corrected chi connectivity index (χ4v) is 1.80. The zero-order valence-corrected chi connectivity index (χ0v) is 12.8. The monoisotopic (exact) mass is 305 g/mol. The molecule has 0 saturated carbocycles. The summed E-state index contributed by atoms with van der Waals surface area (Å²) in [6, 6.07) is 8.79. The molecule has 2 rings (SSSR count). The van der Waals surface area contributed by atoms with Gasteiger partial charge in [-0.05, 0) is 39.0 Å². The summed E-state index contributed by atoms with van der Waals surface area (Å²) in [5, 5.41) is 3.04. The van der Waals surface area contributed by atoms with Gasteiger partial charge in [0.1, 0.15) is 10.8 Å². The highest BCUT2D eigenvalue weighted by Gasteiger charge is 2.17. The number of nitrogens with one attached hydrogen (secondary N) is 1. The van der Waals surface area contributed by atoms with Crippen LogP contribution < -0.4 is 5.32 Å². The number of para-hydroxylation sites is 1. The van der Waals surface area contributed by atoms with Gasteiger partial charge < -0.3 is 4.74 Å². The fraction of sp³-hybridized carbons (Fsp3) is 0.267. The molecule has 1 aromatic carbocycles. The van der Waals surface area contributed by atoms with Crippen molar-refractivity contribution in [2.75, 3.05) is 5.32 Å². The third kappa shape index (κ3) is 4.43. The number of carbonyl (C=O) groups excluding carboxylic acids is 1. The Balaban J connectivity index is 2.28. The van der Waals surface area contributed by atoms with Crippen molar-refractivity contribution < 1.29 is 9.53 Å². The minimum atomic E-state index is -0.564. The second-order valence-electron chi connectivity index (χ2n) is 5.38. The molecule has 0 aliphatic heterocycles. The molecule has 0 aliphatic rings. The highest BCUT2D eigenvalue weighted by atomic mass is 35.5. The van der Waals surface area contributed by atoms with E-state index in [-0.39, 0.29) is 0 Å². The van der Waals surface area contributed by atoms with Crippen LogP contribution in [0.3, 0.4) is 0 Å². The van der Waals surface area contributed by atoms with Crippen LogP contribution in [0.25, 0.3) is 11.4 Å². The van der Waals surface area contributed by atoms with Crippen molar-refractivity contribution in [1.29, 1.82) is 0 Å². The van der Waals surface area contributed by atoms with Crippen molar-refractivity contribution in [1.82, 2.24) is 9.97 Å². The van der Waals surface area contributed by atoms with E-state index >= 15 is 0 Å². The molecule has 110 valence electrons. The predicted octanol–water partition coefficient (Wildman–Crippen LogP) is 4.14. The van der Waals surface area contributed by atoms with Gasteiger partial charge in [0, 0.05) is 11.8 Å². The van der Waals surface area contributed by atoms with Gasteiger partial charge in [0.25, 0.3) is 0 Å². The van der Waals surface area contributed by atoms with E-state index in [0.29, 0.717) is 22.2 Å². The van der Waals surface area contributed by atoms with Crippen LogP contribution in [0.1, 0.15) is 20.8 Å². The lowest BCUT2D eigenvalue weighted by molar-refractivity contribution is 0.0636. The van der Waals surface area contributed by atoms with Crippen molar-refractivity contribution in [2.24, 2.45) is 0 Å². The highest BCUT2D eigenvalue weighted by Crippen LogP contribution is 2.26. The van der Waals surface area contributed by atoms with Crippen LogP contribution >= 0.6 is 11.6 Å². The maximum Gasteiger partial charge on any atom is 0.412 e. The largest absolute Gasteiger partial charge is 0.444 e. The molecule has 1 N–H and O–H groups in total. The van der Waals surface area contributed by atoms with Gasteiger partial charge in [0.05, 0.1) is 5.69 Å². The van der Waals surface area contributed by atoms with Crippen molar-refractivity contribution in [2.45, 2.75) is 26.4 Å². The smallest absolute Gasteiger partial charge is 0.412 e. The Morgan fingerprint density at radius 1 is 1.24 bits per heavy atom. The fourth-order valence-electron chi connectivity index (χ4n) is 1.67. The number of aromatic nitrogens is 2. The molecule has 6 heteroatoms. The van der Waals surface area contributed by atoms with Crippen LogP contribution in [-0.2, 0) is 4.74 Å². The Kier molecular flexibility index (Phi) is 4.43. The molecule has 0 spiro atoms. The van der Waals surface area contributed by atoms with Gasteiger partial charge >= 0.3 is 6.09 Å². The first-order valence-corrected chi connectivity index (χ1v) is 6.81. The number of hydrogen-bond acceptors (Lipinski definition) is 4. The van der Waals surface area contributed by atoms with Crippen LogP contribution in [0.5, 0.6) is 0 Å². The minimum Gasteiger partial charge on any atom is -0.444 e. The Morgan fingerprint density at radius 3 is 2.62 bits per heavy atom. The number of amides is 1. The summed E-state index contributed by atoms with van der Waals surface area (Å²) in [7, 11) is 0. The first kappa shape index (κ1) is 15.3. The first-order valence-electron chi connectivity index (χ1n) is 6.43. The van der Waals surface area contributed by atoms with Gasteiger partial charge in [0.2, 0.25) is 0 Å². The number of nitrogens with zero attached hydrogens (tertiary/aromatic N) is 2. The summed E-state index contributed by atoms with van der Waals surface area (Å²) in [5.74, 6) is 0.439. The molecule has 5 nitrogen and oxygen atoms in total. The van der Waals surface area contributed by atoms with E-state index in [1.165, 1.54) is 0 Å². The van der Waals surface area contributed by atoms with E-state index in [9.17, 15) is 4.79 Å². The summed E-state index contributed by atoms with van der Waals surface area (Å²) in [5.41, 5.74) is 0.672. The zero-order valence-electron chi connectivity index (χ0n) is 12.1. The van der Waals surface area contributed by atoms with Crippen molar-refractivity contribution in [3.63, 3.8) is 0 Å². The van der Waals surface area contributed by atoms with Crippen molar-refractivity contribution >= 4 is 23.4 Å². The lowest BCUT2D eigenvalue weighted by Gasteiger charge is -2.20. The van der Waals surface area contributed by atoms with Crippen LogP contribution in [0.15, 0.2) is 36.5 Å². The average molecular weight is 306 g/mol. The van der Waals surface area contributed by atoms with Crippen LogP contribution in [0.2, 0.25) is 5.15 Å². The normalized spacial score (nSPS) is 11.0. The maximum absolute atomic E-state index is 11.9. The van der Waals surface area contributed by atoms with E-state index < -0.39 is 11.7 Å². The van der Waals surface area contributed by atoms with Gasteiger partial charge in [-0.2, -0.15) is 0 Å². The van der Waals surface area contributed by atoms with Gasteiger partial charge in [0.15, 0.2) is 5.82 Å². The predicted molar refractivity (Wildman–Crippen MR) is 82.3 cm³/mol. The van der Waals surface area contributed by atoms with E-state index in [1.54, 1.807) is 51.2 Å². The minimum absolute atomic E-state index is 0.340. The van der Waals surface area contributed by atoms with Crippen LogP contribution in [0.4, 0.5) is 10.5 Å². The third-order valence-electron chi connectivity index (χ3n) is 2.43. The third-order valence-corrected chi connectivity index (χ3v) is 2.64. The first-order chi connectivity index (χ1) is 9.85. The van der Waals surface area contributed by atoms with Gasteiger partial charge in [-0.1, -0.05) is 23.7 Å². The average Bonchev–Trinajstić information content (AvgIpc) is 2.37. The molecule has 2 aromatic rings. The number of carbonyl (C=O) groups is 1. The highest BCUT2D eigenvalue weighted by molar-refractivity contribution is 6.29. The molecule has 0 unspecified atom stereocenters. The molecule has 0 fully saturated rings. The summed E-state index contributed by atoms with van der Waals surface area (Å²) < 4.78 is 5.24. The van der Waals surface area contributed by atoms with E-state index in [0.717, 1.165) is 0 Å². The Labute approximate surface area is 128 Å².